The molecule has 0 aromatic carbocycles. The molecule has 0 rings (SSSR count). The van der Waals surface area contributed by atoms with Gasteiger partial charge in [0.1, 0.15) is 0 Å². The molecule has 1 N–H and O–H groups in total. The summed E-state index contributed by atoms with van der Waals surface area (Å²) in [6, 6.07) is 1.85. The summed E-state index contributed by atoms with van der Waals surface area (Å²) in [7, 11) is 2.08. The van der Waals surface area contributed by atoms with Gasteiger partial charge in [-0.3, -0.25) is 9.59 Å². The highest BCUT2D eigenvalue weighted by Gasteiger charge is 2.11. The lowest BCUT2D eigenvalue weighted by Gasteiger charge is -1.96. The van der Waals surface area contributed by atoms with E-state index >= 15 is 0 Å². The zero-order valence-corrected chi connectivity index (χ0v) is 9.40. The maximum Gasteiger partial charge on any atom is 0.372 e. The van der Waals surface area contributed by atoms with Gasteiger partial charge in [-0.25, -0.2) is 4.79 Å². The second kappa shape index (κ2) is 8.32. The molecule has 0 aliphatic heterocycles. The van der Waals surface area contributed by atoms with E-state index in [1.807, 2.05) is 6.07 Å². The number of hydrogen-bond donors (Lipinski definition) is 1. The molecule has 0 amide bonds. The molecule has 82 valence electrons. The fraction of sp³-hybridized carbons (Fsp3) is 0.500. The van der Waals surface area contributed by atoms with Crippen molar-refractivity contribution in [1.29, 1.82) is 5.26 Å². The molecule has 0 fully saturated rings. The molecule has 0 aromatic rings. The molecule has 0 atom stereocenters. The molecular formula is C8H9NO4S2. The number of carboxylic acids is 1. The van der Waals surface area contributed by atoms with Gasteiger partial charge in [0.05, 0.1) is 6.07 Å². The first kappa shape index (κ1) is 14.0. The summed E-state index contributed by atoms with van der Waals surface area (Å²) in [5, 5.41) is 16.3. The van der Waals surface area contributed by atoms with Crippen molar-refractivity contribution in [2.24, 2.45) is 0 Å². The molecule has 0 aliphatic carbocycles. The molecule has 0 heterocycles. The smallest absolute Gasteiger partial charge is 0.372 e. The van der Waals surface area contributed by atoms with Gasteiger partial charge in [-0.05, 0) is 10.8 Å². The number of carbonyl (C=O) groups is 3. The number of Topliss-reactive ketones (excluding diaryl/α,β-unsaturated/α-hetero) is 1. The third kappa shape index (κ3) is 8.03. The van der Waals surface area contributed by atoms with E-state index in [0.29, 0.717) is 0 Å². The summed E-state index contributed by atoms with van der Waals surface area (Å²) < 4.78 is 0. The van der Waals surface area contributed by atoms with Gasteiger partial charge in [-0.1, -0.05) is 10.8 Å². The van der Waals surface area contributed by atoms with Gasteiger partial charge >= 0.3 is 5.97 Å². The lowest BCUT2D eigenvalue weighted by atomic mass is 10.3. The van der Waals surface area contributed by atoms with Gasteiger partial charge in [0.25, 0.3) is 0 Å². The first-order chi connectivity index (χ1) is 7.07. The van der Waals surface area contributed by atoms with E-state index in [1.54, 1.807) is 0 Å². The van der Waals surface area contributed by atoms with Crippen molar-refractivity contribution in [1.82, 2.24) is 0 Å². The van der Waals surface area contributed by atoms with Gasteiger partial charge < -0.3 is 5.11 Å². The number of carboxylic acid groups (broad SMARTS) is 1. The highest BCUT2D eigenvalue weighted by Crippen LogP contribution is 2.24. The van der Waals surface area contributed by atoms with Gasteiger partial charge in [0.15, 0.2) is 5.12 Å². The van der Waals surface area contributed by atoms with Crippen molar-refractivity contribution < 1.29 is 19.5 Å². The number of nitriles is 1. The van der Waals surface area contributed by atoms with Crippen LogP contribution < -0.4 is 0 Å². The zero-order valence-electron chi connectivity index (χ0n) is 7.76. The van der Waals surface area contributed by atoms with Gasteiger partial charge in [-0.15, -0.1) is 0 Å². The Balaban J connectivity index is 3.47. The normalized spacial score (nSPS) is 9.27. The van der Waals surface area contributed by atoms with Gasteiger partial charge in [0, 0.05) is 25.0 Å². The summed E-state index contributed by atoms with van der Waals surface area (Å²) >= 11 is 0. The predicted octanol–water partition coefficient (Wildman–Crippen LogP) is 1.24. The summed E-state index contributed by atoms with van der Waals surface area (Å²) in [4.78, 5) is 31.7. The maximum atomic E-state index is 11.0. The Labute approximate surface area is 94.6 Å². The molecule has 0 aromatic heterocycles. The second-order valence-corrected chi connectivity index (χ2v) is 4.89. The van der Waals surface area contributed by atoms with Crippen LogP contribution in [0.15, 0.2) is 0 Å². The van der Waals surface area contributed by atoms with Crippen LogP contribution in [0.5, 0.6) is 0 Å². The van der Waals surface area contributed by atoms with Crippen LogP contribution in [-0.4, -0.2) is 27.7 Å². The molecule has 7 heteroatoms. The van der Waals surface area contributed by atoms with Crippen LogP contribution in [0.3, 0.4) is 0 Å². The largest absolute Gasteiger partial charge is 0.476 e. The van der Waals surface area contributed by atoms with Crippen molar-refractivity contribution in [3.8, 4) is 6.07 Å². The number of aliphatic carboxylic acids is 1. The number of rotatable bonds is 7. The zero-order chi connectivity index (χ0) is 11.7. The Morgan fingerprint density at radius 3 is 2.47 bits per heavy atom. The van der Waals surface area contributed by atoms with Crippen LogP contribution in [-0.2, 0) is 14.4 Å². The number of hydrogen-bond acceptors (Lipinski definition) is 6. The van der Waals surface area contributed by atoms with E-state index in [-0.39, 0.29) is 30.1 Å². The van der Waals surface area contributed by atoms with Crippen LogP contribution in [0.4, 0.5) is 0 Å². The SMILES string of the molecule is N#CCCC(=O)SSCCC(=O)C(=O)O. The highest BCUT2D eigenvalue weighted by molar-refractivity contribution is 8.82. The topological polar surface area (TPSA) is 95.2 Å². The van der Waals surface area contributed by atoms with Gasteiger partial charge in [-0.2, -0.15) is 5.26 Å². The fourth-order valence-electron chi connectivity index (χ4n) is 0.548. The van der Waals surface area contributed by atoms with Crippen LogP contribution in [0.25, 0.3) is 0 Å². The third-order valence-corrected chi connectivity index (χ3v) is 3.53. The van der Waals surface area contributed by atoms with Crippen LogP contribution in [0.1, 0.15) is 19.3 Å². The minimum Gasteiger partial charge on any atom is -0.476 e. The minimum absolute atomic E-state index is 0.0848. The summed E-state index contributed by atoms with van der Waals surface area (Å²) in [6.07, 6.45) is 0.278. The monoisotopic (exact) mass is 247 g/mol. The predicted molar refractivity (Wildman–Crippen MR) is 57.2 cm³/mol. The van der Waals surface area contributed by atoms with E-state index in [2.05, 4.69) is 0 Å². The van der Waals surface area contributed by atoms with Crippen LogP contribution in [0, 0.1) is 11.3 Å². The maximum absolute atomic E-state index is 11.0. The van der Waals surface area contributed by atoms with Crippen LogP contribution >= 0.6 is 21.6 Å². The molecule has 0 bridgehead atoms. The van der Waals surface area contributed by atoms with Crippen molar-refractivity contribution in [2.75, 3.05) is 5.75 Å². The summed E-state index contributed by atoms with van der Waals surface area (Å²) in [5.41, 5.74) is 0. The van der Waals surface area contributed by atoms with E-state index in [9.17, 15) is 14.4 Å². The quantitative estimate of drug-likeness (QED) is 0.411. The average Bonchev–Trinajstić information content (AvgIpc) is 2.20. The second-order valence-electron chi connectivity index (χ2n) is 2.41. The first-order valence-corrected chi connectivity index (χ1v) is 6.35. The minimum atomic E-state index is -1.45. The van der Waals surface area contributed by atoms with Gasteiger partial charge in [0.2, 0.25) is 5.78 Å². The Morgan fingerprint density at radius 2 is 1.93 bits per heavy atom. The van der Waals surface area contributed by atoms with Crippen LogP contribution in [0.2, 0.25) is 0 Å². The highest BCUT2D eigenvalue weighted by atomic mass is 33.1. The standard InChI is InChI=1S/C8H9NO4S2/c9-4-1-2-7(11)15-14-5-3-6(10)8(12)13/h1-3,5H2,(H,12,13). The van der Waals surface area contributed by atoms with E-state index in [1.165, 1.54) is 0 Å². The first-order valence-electron chi connectivity index (χ1n) is 4.03. The van der Waals surface area contributed by atoms with E-state index in [0.717, 1.165) is 21.6 Å². The average molecular weight is 247 g/mol. The molecular weight excluding hydrogens is 238 g/mol. The molecule has 15 heavy (non-hydrogen) atoms. The summed E-state index contributed by atoms with van der Waals surface area (Å²) in [5.74, 6) is -2.02. The van der Waals surface area contributed by atoms with Crippen molar-refractivity contribution in [2.45, 2.75) is 19.3 Å². The van der Waals surface area contributed by atoms with Crippen molar-refractivity contribution >= 4 is 38.5 Å². The third-order valence-electron chi connectivity index (χ3n) is 1.24. The van der Waals surface area contributed by atoms with E-state index in [4.69, 9.17) is 10.4 Å². The summed E-state index contributed by atoms with van der Waals surface area (Å²) in [6.45, 7) is 0. The molecule has 5 nitrogen and oxygen atoms in total. The molecule has 0 saturated carbocycles. The van der Waals surface area contributed by atoms with E-state index < -0.39 is 11.8 Å². The molecule has 0 unspecified atom stereocenters. The fourth-order valence-corrected chi connectivity index (χ4v) is 2.36. The Hall–Kier alpha value is -1.00. The lowest BCUT2D eigenvalue weighted by molar-refractivity contribution is -0.148. The number of nitrogens with zero attached hydrogens (tertiary/aromatic N) is 1. The molecule has 0 aliphatic rings. The Bertz CT molecular complexity index is 298. The molecule has 0 radical (unpaired) electrons. The van der Waals surface area contributed by atoms with Crippen molar-refractivity contribution in [3.63, 3.8) is 0 Å². The number of carbonyl (C=O) groups excluding carboxylic acids is 2. The Kier molecular flexibility index (Phi) is 7.77. The lowest BCUT2D eigenvalue weighted by Crippen LogP contribution is -2.12. The molecule has 0 spiro atoms. The number of ketones is 1. The van der Waals surface area contributed by atoms with Crippen molar-refractivity contribution in [3.05, 3.63) is 0 Å². The Morgan fingerprint density at radius 1 is 1.27 bits per heavy atom. The molecule has 0 saturated heterocycles.